The predicted molar refractivity (Wildman–Crippen MR) is 154 cm³/mol. The standard InChI is InChI=1S/C30H28N4O4S/c1-29(2)20-14-15-30(29,3)26(17-20)31-32-28-33(21-9-5-4-6-10-21)27(35)25(39-28)18-23-12-13-24(38-23)19-8-7-11-22(16-19)34(36)37/h4-13,16,18,20H,14-15,17H2,1-3H3/b25-18-,31-26+,32-28+. The number of nitrogens with zero attached hydrogens (tertiary/aromatic N) is 4. The first-order valence-corrected chi connectivity index (χ1v) is 13.8. The lowest BCUT2D eigenvalue weighted by Gasteiger charge is -2.34. The van der Waals surface area contributed by atoms with E-state index in [-0.39, 0.29) is 22.4 Å². The van der Waals surface area contributed by atoms with Gasteiger partial charge in [-0.25, -0.2) is 0 Å². The minimum atomic E-state index is -0.441. The van der Waals surface area contributed by atoms with Crippen molar-refractivity contribution >= 4 is 46.0 Å². The highest BCUT2D eigenvalue weighted by Crippen LogP contribution is 2.64. The van der Waals surface area contributed by atoms with Crippen LogP contribution >= 0.6 is 11.8 Å². The Morgan fingerprint density at radius 3 is 2.56 bits per heavy atom. The maximum absolute atomic E-state index is 13.6. The van der Waals surface area contributed by atoms with Gasteiger partial charge in [0.1, 0.15) is 11.5 Å². The molecule has 1 amide bonds. The Bertz CT molecular complexity index is 1570. The van der Waals surface area contributed by atoms with Gasteiger partial charge in [0.25, 0.3) is 11.6 Å². The van der Waals surface area contributed by atoms with Crippen LogP contribution in [0.25, 0.3) is 17.4 Å². The number of furan rings is 1. The molecule has 9 heteroatoms. The lowest BCUT2D eigenvalue weighted by Crippen LogP contribution is -2.32. The molecule has 39 heavy (non-hydrogen) atoms. The van der Waals surface area contributed by atoms with Gasteiger partial charge < -0.3 is 4.42 Å². The second kappa shape index (κ2) is 9.34. The van der Waals surface area contributed by atoms with Gasteiger partial charge in [0.15, 0.2) is 0 Å². The maximum atomic E-state index is 13.6. The first-order valence-electron chi connectivity index (χ1n) is 13.0. The number of amidine groups is 1. The summed E-state index contributed by atoms with van der Waals surface area (Å²) >= 11 is 1.26. The summed E-state index contributed by atoms with van der Waals surface area (Å²) in [7, 11) is 0. The fourth-order valence-corrected chi connectivity index (χ4v) is 6.93. The number of hydrogen-bond donors (Lipinski definition) is 0. The molecule has 3 aliphatic rings. The van der Waals surface area contributed by atoms with E-state index in [9.17, 15) is 14.9 Å². The molecule has 2 saturated carbocycles. The van der Waals surface area contributed by atoms with Crippen molar-refractivity contribution in [2.45, 2.75) is 40.0 Å². The molecule has 2 aliphatic carbocycles. The average molecular weight is 541 g/mol. The zero-order valence-electron chi connectivity index (χ0n) is 22.0. The zero-order valence-corrected chi connectivity index (χ0v) is 22.8. The molecule has 1 aromatic heterocycles. The van der Waals surface area contributed by atoms with Crippen LogP contribution in [0.2, 0.25) is 0 Å². The Morgan fingerprint density at radius 1 is 1.08 bits per heavy atom. The summed E-state index contributed by atoms with van der Waals surface area (Å²) < 4.78 is 5.95. The van der Waals surface area contributed by atoms with E-state index in [1.165, 1.54) is 30.3 Å². The number of anilines is 1. The number of nitro benzene ring substituents is 1. The Kier molecular flexibility index (Phi) is 6.06. The number of amides is 1. The molecule has 2 aromatic carbocycles. The number of hydrogen-bond acceptors (Lipinski definition) is 7. The van der Waals surface area contributed by atoms with Gasteiger partial charge in [-0.2, -0.15) is 5.10 Å². The third-order valence-electron chi connectivity index (χ3n) is 8.83. The van der Waals surface area contributed by atoms with E-state index >= 15 is 0 Å². The molecule has 8 nitrogen and oxygen atoms in total. The Morgan fingerprint density at radius 2 is 1.87 bits per heavy atom. The van der Waals surface area contributed by atoms with Crippen LogP contribution in [0, 0.1) is 26.9 Å². The van der Waals surface area contributed by atoms with E-state index in [1.54, 1.807) is 35.2 Å². The molecule has 2 atom stereocenters. The van der Waals surface area contributed by atoms with E-state index in [0.29, 0.717) is 38.8 Å². The second-order valence-corrected chi connectivity index (χ2v) is 12.0. The number of nitro groups is 1. The van der Waals surface area contributed by atoms with E-state index in [4.69, 9.17) is 9.52 Å². The van der Waals surface area contributed by atoms with E-state index < -0.39 is 4.92 Å². The van der Waals surface area contributed by atoms with Gasteiger partial charge in [-0.15, -0.1) is 5.10 Å². The lowest BCUT2D eigenvalue weighted by atomic mass is 9.70. The number of carbonyl (C=O) groups excluding carboxylic acids is 1. The van der Waals surface area contributed by atoms with Crippen molar-refractivity contribution in [3.8, 4) is 11.3 Å². The highest BCUT2D eigenvalue weighted by molar-refractivity contribution is 8.19. The van der Waals surface area contributed by atoms with Crippen molar-refractivity contribution in [2.75, 3.05) is 4.90 Å². The molecular formula is C30H28N4O4S. The first kappa shape index (κ1) is 25.3. The summed E-state index contributed by atoms with van der Waals surface area (Å²) in [4.78, 5) is 26.4. The van der Waals surface area contributed by atoms with E-state index in [1.807, 2.05) is 30.3 Å². The maximum Gasteiger partial charge on any atom is 0.271 e. The number of thioether (sulfide) groups is 1. The van der Waals surface area contributed by atoms with Crippen LogP contribution in [0.5, 0.6) is 0 Å². The Labute approximate surface area is 230 Å². The van der Waals surface area contributed by atoms with E-state index in [0.717, 1.165) is 18.6 Å². The first-order chi connectivity index (χ1) is 18.7. The van der Waals surface area contributed by atoms with Crippen molar-refractivity contribution in [3.63, 3.8) is 0 Å². The van der Waals surface area contributed by atoms with Crippen LogP contribution < -0.4 is 4.90 Å². The molecule has 3 fully saturated rings. The minimum absolute atomic E-state index is 0.0148. The summed E-state index contributed by atoms with van der Waals surface area (Å²) in [5.74, 6) is 1.35. The molecule has 198 valence electrons. The molecule has 0 N–H and O–H groups in total. The summed E-state index contributed by atoms with van der Waals surface area (Å²) in [5.41, 5.74) is 2.60. The third-order valence-corrected chi connectivity index (χ3v) is 9.79. The van der Waals surface area contributed by atoms with Gasteiger partial charge in [0.05, 0.1) is 15.5 Å². The zero-order chi connectivity index (χ0) is 27.4. The van der Waals surface area contributed by atoms with Crippen LogP contribution in [0.3, 0.4) is 0 Å². The number of rotatable bonds is 5. The van der Waals surface area contributed by atoms with Gasteiger partial charge in [-0.3, -0.25) is 19.8 Å². The summed E-state index contributed by atoms with van der Waals surface area (Å²) in [5, 5.41) is 21.1. The molecule has 2 heterocycles. The number of benzene rings is 2. The Hall–Kier alpha value is -3.98. The number of carbonyl (C=O) groups is 1. The molecular weight excluding hydrogens is 512 g/mol. The normalized spacial score (nSPS) is 26.8. The van der Waals surface area contributed by atoms with Gasteiger partial charge in [-0.1, -0.05) is 51.1 Å². The van der Waals surface area contributed by atoms with Crippen LogP contribution in [0.15, 0.2) is 86.3 Å². The second-order valence-electron chi connectivity index (χ2n) is 11.0. The largest absolute Gasteiger partial charge is 0.457 e. The van der Waals surface area contributed by atoms with Crippen molar-refractivity contribution < 1.29 is 14.1 Å². The number of para-hydroxylation sites is 1. The van der Waals surface area contributed by atoms with Crippen molar-refractivity contribution in [2.24, 2.45) is 27.0 Å². The third kappa shape index (κ3) is 4.21. The minimum Gasteiger partial charge on any atom is -0.457 e. The fraction of sp³-hybridized carbons (Fsp3) is 0.300. The highest BCUT2D eigenvalue weighted by atomic mass is 32.2. The molecule has 6 rings (SSSR count). The van der Waals surface area contributed by atoms with Crippen molar-refractivity contribution in [3.05, 3.63) is 87.5 Å². The topological polar surface area (TPSA) is 101 Å². The summed E-state index contributed by atoms with van der Waals surface area (Å²) in [6.45, 7) is 6.95. The monoisotopic (exact) mass is 540 g/mol. The molecule has 2 bridgehead atoms. The molecule has 0 spiro atoms. The van der Waals surface area contributed by atoms with Gasteiger partial charge >= 0.3 is 0 Å². The van der Waals surface area contributed by atoms with Gasteiger partial charge in [-0.05, 0) is 66.6 Å². The average Bonchev–Trinajstić information content (AvgIpc) is 3.62. The SMILES string of the molecule is CC12CCC(C/C1=N\N=C1\S/C(=C\c3ccc(-c4cccc([N+](=O)[O-])c4)o3)C(=O)N1c1ccccc1)C2(C)C. The van der Waals surface area contributed by atoms with Gasteiger partial charge in [0.2, 0.25) is 5.17 Å². The van der Waals surface area contributed by atoms with Crippen LogP contribution in [-0.4, -0.2) is 21.7 Å². The molecule has 0 radical (unpaired) electrons. The predicted octanol–water partition coefficient (Wildman–Crippen LogP) is 7.53. The summed E-state index contributed by atoms with van der Waals surface area (Å²) in [6, 6.07) is 19.2. The summed E-state index contributed by atoms with van der Waals surface area (Å²) in [6.07, 6.45) is 4.96. The van der Waals surface area contributed by atoms with Crippen LogP contribution in [0.4, 0.5) is 11.4 Å². The van der Waals surface area contributed by atoms with Crippen LogP contribution in [0.1, 0.15) is 45.8 Å². The highest BCUT2D eigenvalue weighted by Gasteiger charge is 2.60. The smallest absolute Gasteiger partial charge is 0.271 e. The molecule has 1 saturated heterocycles. The molecule has 1 aliphatic heterocycles. The molecule has 3 aromatic rings. The fourth-order valence-electron chi connectivity index (χ4n) is 6.02. The van der Waals surface area contributed by atoms with Crippen LogP contribution in [-0.2, 0) is 4.79 Å². The van der Waals surface area contributed by atoms with Crippen molar-refractivity contribution in [1.82, 2.24) is 0 Å². The Balaban J connectivity index is 1.33. The van der Waals surface area contributed by atoms with Gasteiger partial charge in [0, 0.05) is 34.9 Å². The van der Waals surface area contributed by atoms with E-state index in [2.05, 4.69) is 25.9 Å². The molecule has 2 unspecified atom stereocenters. The number of fused-ring (bicyclic) bond motifs is 2. The van der Waals surface area contributed by atoms with Crippen molar-refractivity contribution in [1.29, 1.82) is 0 Å². The quantitative estimate of drug-likeness (QED) is 0.189. The number of non-ortho nitro benzene ring substituents is 1. The lowest BCUT2D eigenvalue weighted by molar-refractivity contribution is -0.384.